The second-order valence-corrected chi connectivity index (χ2v) is 9.19. The third-order valence-electron chi connectivity index (χ3n) is 5.40. The topological polar surface area (TPSA) is 140 Å². The van der Waals surface area contributed by atoms with Gasteiger partial charge in [0, 0.05) is 42.5 Å². The highest BCUT2D eigenvalue weighted by molar-refractivity contribution is 7.87. The average molecular weight is 490 g/mol. The summed E-state index contributed by atoms with van der Waals surface area (Å²) < 4.78 is 51.9. The van der Waals surface area contributed by atoms with E-state index in [4.69, 9.17) is 10.5 Å². The van der Waals surface area contributed by atoms with E-state index < -0.39 is 16.3 Å². The van der Waals surface area contributed by atoms with Crippen LogP contribution in [0, 0.1) is 5.82 Å². The van der Waals surface area contributed by atoms with Crippen molar-refractivity contribution in [3.05, 3.63) is 54.1 Å². The van der Waals surface area contributed by atoms with Gasteiger partial charge in [0.25, 0.3) is 0 Å². The maximum absolute atomic E-state index is 14.0. The van der Waals surface area contributed by atoms with Gasteiger partial charge in [-0.1, -0.05) is 6.08 Å². The molecule has 3 heterocycles. The number of aromatic amines is 1. The number of carbonyl (C=O) groups is 1. The minimum Gasteiger partial charge on any atom is -0.496 e. The summed E-state index contributed by atoms with van der Waals surface area (Å²) in [6.07, 6.45) is 2.73. The Bertz CT molecular complexity index is 1350. The van der Waals surface area contributed by atoms with Gasteiger partial charge in [-0.3, -0.25) is 0 Å². The van der Waals surface area contributed by atoms with E-state index >= 15 is 0 Å². The van der Waals surface area contributed by atoms with E-state index in [1.54, 1.807) is 24.4 Å². The van der Waals surface area contributed by atoms with Crippen LogP contribution < -0.4 is 15.2 Å². The first kappa shape index (κ1) is 23.7. The summed E-state index contributed by atoms with van der Waals surface area (Å²) in [5, 5.41) is 0.779. The van der Waals surface area contributed by atoms with E-state index in [-0.39, 0.29) is 32.1 Å². The number of pyridine rings is 1. The first-order valence-electron chi connectivity index (χ1n) is 10.5. The molecule has 1 aliphatic rings. The number of fused-ring (bicyclic) bond motifs is 1. The summed E-state index contributed by atoms with van der Waals surface area (Å²) in [5.74, 6) is 0.153. The van der Waals surface area contributed by atoms with Crippen molar-refractivity contribution < 1.29 is 27.1 Å². The van der Waals surface area contributed by atoms with Crippen molar-refractivity contribution in [1.82, 2.24) is 19.0 Å². The van der Waals surface area contributed by atoms with Crippen LogP contribution in [-0.4, -0.2) is 62.1 Å². The van der Waals surface area contributed by atoms with Crippen molar-refractivity contribution in [3.63, 3.8) is 0 Å². The molecule has 1 aliphatic heterocycles. The molecule has 1 aromatic carbocycles. The molecule has 4 rings (SSSR count). The molecule has 0 radical (unpaired) electrons. The van der Waals surface area contributed by atoms with Crippen molar-refractivity contribution in [2.45, 2.75) is 6.42 Å². The normalized spacial score (nSPS) is 14.6. The van der Waals surface area contributed by atoms with E-state index in [0.29, 0.717) is 23.4 Å². The molecule has 4 N–H and O–H groups in total. The average Bonchev–Trinajstić information content (AvgIpc) is 3.27. The van der Waals surface area contributed by atoms with Gasteiger partial charge in [0.1, 0.15) is 23.8 Å². The number of methoxy groups -OCH3 is 1. The monoisotopic (exact) mass is 489 g/mol. The van der Waals surface area contributed by atoms with E-state index in [1.165, 1.54) is 19.2 Å². The maximum atomic E-state index is 14.0. The Morgan fingerprint density at radius 2 is 2.12 bits per heavy atom. The lowest BCUT2D eigenvalue weighted by molar-refractivity contribution is 0.155. The zero-order chi connectivity index (χ0) is 24.3. The molecule has 2 aromatic heterocycles. The maximum Gasteiger partial charge on any atom is 0.421 e. The van der Waals surface area contributed by atoms with Crippen LogP contribution in [0.2, 0.25) is 0 Å². The Labute approximate surface area is 195 Å². The lowest BCUT2D eigenvalue weighted by Crippen LogP contribution is -2.45. The van der Waals surface area contributed by atoms with Gasteiger partial charge >= 0.3 is 16.3 Å². The number of carbonyl (C=O) groups excluding carboxylic acids is 1. The van der Waals surface area contributed by atoms with Gasteiger partial charge in [-0.05, 0) is 47.9 Å². The van der Waals surface area contributed by atoms with Gasteiger partial charge in [0.05, 0.1) is 7.11 Å². The first-order chi connectivity index (χ1) is 16.3. The van der Waals surface area contributed by atoms with Crippen LogP contribution in [0.3, 0.4) is 0 Å². The number of aromatic nitrogens is 2. The Kier molecular flexibility index (Phi) is 6.82. The molecule has 3 aromatic rings. The molecule has 0 bridgehead atoms. The Morgan fingerprint density at radius 1 is 1.29 bits per heavy atom. The van der Waals surface area contributed by atoms with Crippen LogP contribution in [0.1, 0.15) is 12.1 Å². The van der Waals surface area contributed by atoms with Crippen LogP contribution in [-0.2, 0) is 14.9 Å². The van der Waals surface area contributed by atoms with Crippen LogP contribution >= 0.6 is 0 Å². The molecule has 34 heavy (non-hydrogen) atoms. The lowest BCUT2D eigenvalue weighted by atomic mass is 10.0. The van der Waals surface area contributed by atoms with Crippen LogP contribution in [0.4, 0.5) is 9.18 Å². The molecule has 0 spiro atoms. The molecule has 0 unspecified atom stereocenters. The van der Waals surface area contributed by atoms with Gasteiger partial charge in [-0.2, -0.15) is 12.7 Å². The molecule has 0 aliphatic carbocycles. The van der Waals surface area contributed by atoms with E-state index in [9.17, 15) is 17.6 Å². The summed E-state index contributed by atoms with van der Waals surface area (Å²) in [6.45, 7) is 0.251. The zero-order valence-corrected chi connectivity index (χ0v) is 19.2. The number of nitrogens with one attached hydrogen (secondary N) is 2. The van der Waals surface area contributed by atoms with Gasteiger partial charge < -0.3 is 20.2 Å². The molecule has 10 nitrogen and oxygen atoms in total. The lowest BCUT2D eigenvalue weighted by Gasteiger charge is -2.25. The summed E-state index contributed by atoms with van der Waals surface area (Å²) in [5.41, 5.74) is 8.88. The smallest absolute Gasteiger partial charge is 0.421 e. The highest BCUT2D eigenvalue weighted by atomic mass is 32.2. The van der Waals surface area contributed by atoms with Crippen molar-refractivity contribution in [3.8, 4) is 16.9 Å². The number of rotatable bonds is 7. The standard InChI is InChI=1S/C22H24FN5O5S/c1-32-20-3-2-15(23)12-17(20)16-4-8-25-21-18(16)13-19(26-21)14-5-9-28(10-6-14)34(30,31)27-22(29)33-11-7-24/h2-5,8,12-13H,6-7,9-11,24H2,1H3,(H,25,26)(H,27,29). The summed E-state index contributed by atoms with van der Waals surface area (Å²) in [7, 11) is -2.52. The quantitative estimate of drug-likeness (QED) is 0.463. The fraction of sp³-hybridized carbons (Fsp3) is 0.273. The van der Waals surface area contributed by atoms with Crippen LogP contribution in [0.25, 0.3) is 27.7 Å². The van der Waals surface area contributed by atoms with E-state index in [0.717, 1.165) is 26.5 Å². The SMILES string of the molecule is COc1ccc(F)cc1-c1ccnc2[nH]c(C3=CCN(S(=O)(=O)NC(=O)OCCN)CC3)cc12. The molecule has 12 heteroatoms. The number of amides is 1. The second-order valence-electron chi connectivity index (χ2n) is 7.52. The number of ether oxygens (including phenoxy) is 2. The molecule has 0 fully saturated rings. The highest BCUT2D eigenvalue weighted by Gasteiger charge is 2.27. The Hall–Kier alpha value is -3.48. The number of nitrogens with zero attached hydrogens (tertiary/aromatic N) is 2. The van der Waals surface area contributed by atoms with E-state index in [2.05, 4.69) is 14.7 Å². The Morgan fingerprint density at radius 3 is 2.82 bits per heavy atom. The van der Waals surface area contributed by atoms with Crippen molar-refractivity contribution in [1.29, 1.82) is 0 Å². The first-order valence-corrected chi connectivity index (χ1v) is 11.9. The number of hydrogen-bond acceptors (Lipinski definition) is 7. The summed E-state index contributed by atoms with van der Waals surface area (Å²) in [4.78, 5) is 19.2. The highest BCUT2D eigenvalue weighted by Crippen LogP contribution is 2.36. The van der Waals surface area contributed by atoms with Gasteiger partial charge in [-0.15, -0.1) is 0 Å². The molecular weight excluding hydrogens is 465 g/mol. The molecular formula is C22H24FN5O5S. The largest absolute Gasteiger partial charge is 0.496 e. The zero-order valence-electron chi connectivity index (χ0n) is 18.4. The van der Waals surface area contributed by atoms with Crippen molar-refractivity contribution in [2.75, 3.05) is 33.4 Å². The van der Waals surface area contributed by atoms with E-state index in [1.807, 2.05) is 10.8 Å². The molecule has 0 saturated heterocycles. The number of halogens is 1. The van der Waals surface area contributed by atoms with Crippen molar-refractivity contribution in [2.24, 2.45) is 5.73 Å². The summed E-state index contributed by atoms with van der Waals surface area (Å²) in [6, 6.07) is 8.01. The third kappa shape index (κ3) is 4.88. The summed E-state index contributed by atoms with van der Waals surface area (Å²) >= 11 is 0. The van der Waals surface area contributed by atoms with Gasteiger partial charge in [0.2, 0.25) is 0 Å². The Balaban J connectivity index is 1.58. The fourth-order valence-corrected chi connectivity index (χ4v) is 4.79. The van der Waals surface area contributed by atoms with Gasteiger partial charge in [0.15, 0.2) is 0 Å². The minimum atomic E-state index is -4.05. The second kappa shape index (κ2) is 9.79. The minimum absolute atomic E-state index is 0.0716. The molecule has 0 saturated carbocycles. The predicted molar refractivity (Wildman–Crippen MR) is 125 cm³/mol. The third-order valence-corrected chi connectivity index (χ3v) is 6.84. The van der Waals surface area contributed by atoms with Crippen LogP contribution in [0.15, 0.2) is 42.6 Å². The number of hydrogen-bond donors (Lipinski definition) is 3. The number of nitrogens with two attached hydrogens (primary N) is 1. The fourth-order valence-electron chi connectivity index (χ4n) is 3.79. The number of H-pyrrole nitrogens is 1. The number of benzene rings is 1. The molecule has 0 atom stereocenters. The van der Waals surface area contributed by atoms with Gasteiger partial charge in [-0.25, -0.2) is 18.9 Å². The molecule has 1 amide bonds. The molecule has 180 valence electrons. The van der Waals surface area contributed by atoms with Crippen molar-refractivity contribution >= 4 is 32.9 Å². The van der Waals surface area contributed by atoms with Crippen LogP contribution in [0.5, 0.6) is 5.75 Å². The predicted octanol–water partition coefficient (Wildman–Crippen LogP) is 2.40.